The Balaban J connectivity index is 4.08. The normalized spacial score (nSPS) is 13.6. The van der Waals surface area contributed by atoms with E-state index in [1.165, 1.54) is 12.8 Å². The number of carbonyl (C=O) groups is 1. The van der Waals surface area contributed by atoms with Gasteiger partial charge in [0.25, 0.3) is 0 Å². The van der Waals surface area contributed by atoms with Crippen molar-refractivity contribution in [3.05, 3.63) is 0 Å². The van der Waals surface area contributed by atoms with Gasteiger partial charge in [-0.25, -0.2) is 0 Å². The maximum Gasteiger partial charge on any atom is 0.234 e. The van der Waals surface area contributed by atoms with Crippen LogP contribution in [0.1, 0.15) is 47.0 Å². The van der Waals surface area contributed by atoms with Crippen molar-refractivity contribution in [2.24, 2.45) is 5.73 Å². The van der Waals surface area contributed by atoms with Gasteiger partial charge >= 0.3 is 0 Å². The summed E-state index contributed by atoms with van der Waals surface area (Å²) in [5.41, 5.74) is 5.30. The largest absolute Gasteiger partial charge is 0.368 e. The number of hydrogen-bond acceptors (Lipinski definition) is 2. The summed E-state index contributed by atoms with van der Waals surface area (Å²) in [6, 6.07) is 0.237. The van der Waals surface area contributed by atoms with Gasteiger partial charge in [0.05, 0.1) is 6.04 Å². The third-order valence-electron chi connectivity index (χ3n) is 2.59. The summed E-state index contributed by atoms with van der Waals surface area (Å²) >= 11 is 0. The molecule has 0 radical (unpaired) electrons. The molecule has 1 unspecified atom stereocenters. The van der Waals surface area contributed by atoms with E-state index >= 15 is 0 Å². The van der Waals surface area contributed by atoms with Gasteiger partial charge in [-0.15, -0.1) is 0 Å². The number of nitrogens with zero attached hydrogens (tertiary/aromatic N) is 1. The molecule has 1 atom stereocenters. The van der Waals surface area contributed by atoms with Gasteiger partial charge in [0.2, 0.25) is 5.91 Å². The van der Waals surface area contributed by atoms with Crippen molar-refractivity contribution in [3.8, 4) is 0 Å². The average Bonchev–Trinajstić information content (AvgIpc) is 2.10. The number of nitrogens with two attached hydrogens (primary N) is 1. The molecule has 0 saturated heterocycles. The SMILES string of the molecule is CCCCCN(C(C)C)C(C)C(N)=O. The predicted molar refractivity (Wildman–Crippen MR) is 60.0 cm³/mol. The van der Waals surface area contributed by atoms with Gasteiger partial charge < -0.3 is 5.73 Å². The molecule has 0 aromatic rings. The number of amides is 1. The van der Waals surface area contributed by atoms with Crippen LogP contribution in [0.2, 0.25) is 0 Å². The zero-order valence-electron chi connectivity index (χ0n) is 9.92. The Morgan fingerprint density at radius 1 is 1.29 bits per heavy atom. The Kier molecular flexibility index (Phi) is 6.54. The molecule has 3 heteroatoms. The lowest BCUT2D eigenvalue weighted by molar-refractivity contribution is -0.123. The van der Waals surface area contributed by atoms with E-state index in [1.807, 2.05) is 6.92 Å². The van der Waals surface area contributed by atoms with Gasteiger partial charge in [-0.3, -0.25) is 9.69 Å². The molecule has 0 bridgehead atoms. The first-order chi connectivity index (χ1) is 6.50. The maximum atomic E-state index is 11.1. The van der Waals surface area contributed by atoms with Crippen LogP contribution in [0.15, 0.2) is 0 Å². The fourth-order valence-electron chi connectivity index (χ4n) is 1.61. The summed E-state index contributed by atoms with van der Waals surface area (Å²) in [7, 11) is 0. The number of hydrogen-bond donors (Lipinski definition) is 1. The highest BCUT2D eigenvalue weighted by atomic mass is 16.1. The molecular weight excluding hydrogens is 176 g/mol. The van der Waals surface area contributed by atoms with Crippen LogP contribution in [0.5, 0.6) is 0 Å². The van der Waals surface area contributed by atoms with Crippen molar-refractivity contribution in [1.29, 1.82) is 0 Å². The molecule has 0 aliphatic rings. The van der Waals surface area contributed by atoms with Crippen LogP contribution < -0.4 is 5.73 Å². The molecule has 0 aliphatic carbocycles. The Hall–Kier alpha value is -0.570. The molecule has 0 aliphatic heterocycles. The van der Waals surface area contributed by atoms with Gasteiger partial charge in [0.1, 0.15) is 0 Å². The van der Waals surface area contributed by atoms with Gasteiger partial charge in [-0.1, -0.05) is 19.8 Å². The van der Waals surface area contributed by atoms with Crippen LogP contribution in [0.4, 0.5) is 0 Å². The van der Waals surface area contributed by atoms with Gasteiger partial charge in [0, 0.05) is 6.04 Å². The molecule has 0 spiro atoms. The smallest absolute Gasteiger partial charge is 0.234 e. The predicted octanol–water partition coefficient (Wildman–Crippen LogP) is 1.76. The number of rotatable bonds is 7. The minimum atomic E-state index is -0.227. The lowest BCUT2D eigenvalue weighted by Crippen LogP contribution is -2.46. The first-order valence-electron chi connectivity index (χ1n) is 5.55. The third kappa shape index (κ3) is 4.61. The van der Waals surface area contributed by atoms with E-state index in [0.29, 0.717) is 6.04 Å². The Labute approximate surface area is 87.6 Å². The zero-order chi connectivity index (χ0) is 11.1. The topological polar surface area (TPSA) is 46.3 Å². The molecule has 14 heavy (non-hydrogen) atoms. The minimum Gasteiger partial charge on any atom is -0.368 e. The molecule has 0 aromatic heterocycles. The van der Waals surface area contributed by atoms with Crippen LogP contribution in [-0.2, 0) is 4.79 Å². The van der Waals surface area contributed by atoms with E-state index in [9.17, 15) is 4.79 Å². The maximum absolute atomic E-state index is 11.1. The van der Waals surface area contributed by atoms with Crippen LogP contribution in [0.25, 0.3) is 0 Å². The molecule has 84 valence electrons. The van der Waals surface area contributed by atoms with Crippen molar-refractivity contribution in [1.82, 2.24) is 4.90 Å². The van der Waals surface area contributed by atoms with Crippen LogP contribution in [0.3, 0.4) is 0 Å². The highest BCUT2D eigenvalue weighted by Crippen LogP contribution is 2.07. The van der Waals surface area contributed by atoms with Gasteiger partial charge in [-0.2, -0.15) is 0 Å². The number of primary amides is 1. The second kappa shape index (κ2) is 6.82. The summed E-state index contributed by atoms with van der Waals surface area (Å²) in [4.78, 5) is 13.2. The standard InChI is InChI=1S/C11H24N2O/c1-5-6-7-8-13(9(2)3)10(4)11(12)14/h9-10H,5-8H2,1-4H3,(H2,12,14). The fourth-order valence-corrected chi connectivity index (χ4v) is 1.61. The first-order valence-corrected chi connectivity index (χ1v) is 5.55. The highest BCUT2D eigenvalue weighted by Gasteiger charge is 2.20. The van der Waals surface area contributed by atoms with E-state index in [2.05, 4.69) is 25.7 Å². The monoisotopic (exact) mass is 200 g/mol. The van der Waals surface area contributed by atoms with Crippen LogP contribution >= 0.6 is 0 Å². The van der Waals surface area contributed by atoms with E-state index < -0.39 is 0 Å². The Morgan fingerprint density at radius 2 is 1.86 bits per heavy atom. The van der Waals surface area contributed by atoms with Gasteiger partial charge in [0.15, 0.2) is 0 Å². The van der Waals surface area contributed by atoms with Crippen molar-refractivity contribution in [2.75, 3.05) is 6.54 Å². The van der Waals surface area contributed by atoms with Crippen molar-refractivity contribution >= 4 is 5.91 Å². The summed E-state index contributed by atoms with van der Waals surface area (Å²) < 4.78 is 0. The van der Waals surface area contributed by atoms with Crippen LogP contribution in [-0.4, -0.2) is 29.4 Å². The van der Waals surface area contributed by atoms with E-state index in [0.717, 1.165) is 13.0 Å². The molecule has 0 fully saturated rings. The molecule has 0 rings (SSSR count). The second-order valence-corrected chi connectivity index (χ2v) is 4.12. The lowest BCUT2D eigenvalue weighted by atomic mass is 10.1. The fraction of sp³-hybridized carbons (Fsp3) is 0.909. The summed E-state index contributed by atoms with van der Waals surface area (Å²) in [5, 5.41) is 0. The Bertz CT molecular complexity index is 169. The Morgan fingerprint density at radius 3 is 2.21 bits per heavy atom. The zero-order valence-corrected chi connectivity index (χ0v) is 9.92. The summed E-state index contributed by atoms with van der Waals surface area (Å²) in [6.07, 6.45) is 3.57. The van der Waals surface area contributed by atoms with E-state index in [4.69, 9.17) is 5.73 Å². The molecular formula is C11H24N2O. The molecule has 0 heterocycles. The molecule has 1 amide bonds. The first kappa shape index (κ1) is 13.4. The highest BCUT2D eigenvalue weighted by molar-refractivity contribution is 5.79. The molecule has 0 aromatic carbocycles. The average molecular weight is 200 g/mol. The summed E-state index contributed by atoms with van der Waals surface area (Å²) in [5.74, 6) is -0.227. The van der Waals surface area contributed by atoms with Crippen molar-refractivity contribution in [2.45, 2.75) is 59.0 Å². The van der Waals surface area contributed by atoms with Crippen molar-refractivity contribution < 1.29 is 4.79 Å². The third-order valence-corrected chi connectivity index (χ3v) is 2.59. The molecule has 0 saturated carbocycles. The van der Waals surface area contributed by atoms with Gasteiger partial charge in [-0.05, 0) is 33.7 Å². The van der Waals surface area contributed by atoms with E-state index in [-0.39, 0.29) is 11.9 Å². The van der Waals surface area contributed by atoms with E-state index in [1.54, 1.807) is 0 Å². The molecule has 2 N–H and O–H groups in total. The van der Waals surface area contributed by atoms with Crippen molar-refractivity contribution in [3.63, 3.8) is 0 Å². The number of unbranched alkanes of at least 4 members (excludes halogenated alkanes) is 2. The lowest BCUT2D eigenvalue weighted by Gasteiger charge is -2.30. The quantitative estimate of drug-likeness (QED) is 0.636. The number of carbonyl (C=O) groups excluding carboxylic acids is 1. The molecule has 3 nitrogen and oxygen atoms in total. The van der Waals surface area contributed by atoms with Crippen LogP contribution in [0, 0.1) is 0 Å². The second-order valence-electron chi connectivity index (χ2n) is 4.12. The minimum absolute atomic E-state index is 0.146. The summed E-state index contributed by atoms with van der Waals surface area (Å²) in [6.45, 7) is 9.23.